The van der Waals surface area contributed by atoms with E-state index in [-0.39, 0.29) is 12.5 Å². The van der Waals surface area contributed by atoms with Crippen molar-refractivity contribution in [1.82, 2.24) is 20.2 Å². The predicted molar refractivity (Wildman–Crippen MR) is 60.6 cm³/mol. The Hall–Kier alpha value is -1.46. The van der Waals surface area contributed by atoms with Gasteiger partial charge in [0.1, 0.15) is 0 Å². The maximum Gasteiger partial charge on any atom is 0.305 e. The van der Waals surface area contributed by atoms with Crippen LogP contribution in [0.25, 0.3) is 0 Å². The number of hydrogen-bond donors (Lipinski definition) is 1. The zero-order valence-electron chi connectivity index (χ0n) is 10.0. The molecule has 1 aromatic rings. The highest BCUT2D eigenvalue weighted by atomic mass is 16.4. The first kappa shape index (κ1) is 12.0. The second-order valence-corrected chi connectivity index (χ2v) is 4.62. The Kier molecular flexibility index (Phi) is 3.71. The Morgan fingerprint density at radius 3 is 2.82 bits per heavy atom. The predicted octanol–water partition coefficient (Wildman–Crippen LogP) is 1.76. The second-order valence-electron chi connectivity index (χ2n) is 4.62. The third kappa shape index (κ3) is 2.62. The van der Waals surface area contributed by atoms with Crippen LogP contribution in [0.3, 0.4) is 0 Å². The van der Waals surface area contributed by atoms with Crippen molar-refractivity contribution in [2.24, 2.45) is 0 Å². The van der Waals surface area contributed by atoms with Crippen LogP contribution in [-0.4, -0.2) is 31.3 Å². The lowest BCUT2D eigenvalue weighted by molar-refractivity contribution is -0.138. The van der Waals surface area contributed by atoms with Gasteiger partial charge in [0.15, 0.2) is 5.82 Å². The van der Waals surface area contributed by atoms with Crippen molar-refractivity contribution in [3.8, 4) is 0 Å². The maximum absolute atomic E-state index is 10.8. The van der Waals surface area contributed by atoms with Crippen molar-refractivity contribution in [1.29, 1.82) is 0 Å². The summed E-state index contributed by atoms with van der Waals surface area (Å²) >= 11 is 0. The van der Waals surface area contributed by atoms with Crippen LogP contribution in [0.2, 0.25) is 0 Å². The first-order valence-electron chi connectivity index (χ1n) is 6.22. The molecule has 1 saturated carbocycles. The van der Waals surface area contributed by atoms with Crippen LogP contribution in [0.1, 0.15) is 63.2 Å². The molecule has 0 spiro atoms. The van der Waals surface area contributed by atoms with Crippen molar-refractivity contribution in [2.75, 3.05) is 0 Å². The summed E-state index contributed by atoms with van der Waals surface area (Å²) in [6.45, 7) is 1.97. The fourth-order valence-electron chi connectivity index (χ4n) is 2.52. The van der Waals surface area contributed by atoms with E-state index in [4.69, 9.17) is 5.11 Å². The van der Waals surface area contributed by atoms with Crippen molar-refractivity contribution < 1.29 is 9.90 Å². The summed E-state index contributed by atoms with van der Waals surface area (Å²) in [5.41, 5.74) is 0. The quantitative estimate of drug-likeness (QED) is 0.845. The van der Waals surface area contributed by atoms with Gasteiger partial charge in [-0.3, -0.25) is 4.79 Å². The second kappa shape index (κ2) is 5.25. The van der Waals surface area contributed by atoms with Crippen LogP contribution >= 0.6 is 0 Å². The Bertz CT molecular complexity index is 385. The van der Waals surface area contributed by atoms with Gasteiger partial charge in [0.25, 0.3) is 0 Å². The molecule has 1 heterocycles. The van der Waals surface area contributed by atoms with E-state index in [0.717, 1.165) is 25.1 Å². The lowest BCUT2D eigenvalue weighted by Crippen LogP contribution is -2.18. The van der Waals surface area contributed by atoms with E-state index in [1.54, 1.807) is 4.68 Å². The number of hydrogen-bond acceptors (Lipinski definition) is 4. The van der Waals surface area contributed by atoms with Gasteiger partial charge < -0.3 is 5.11 Å². The molecule has 1 aromatic heterocycles. The maximum atomic E-state index is 10.8. The smallest absolute Gasteiger partial charge is 0.305 e. The molecule has 0 bridgehead atoms. The number of rotatable bonds is 5. The van der Waals surface area contributed by atoms with Gasteiger partial charge in [0.05, 0.1) is 12.5 Å². The number of nitrogens with zero attached hydrogens (tertiary/aromatic N) is 4. The van der Waals surface area contributed by atoms with Gasteiger partial charge in [-0.15, -0.1) is 5.10 Å². The summed E-state index contributed by atoms with van der Waals surface area (Å²) in [4.78, 5) is 10.8. The van der Waals surface area contributed by atoms with Gasteiger partial charge >= 0.3 is 5.97 Å². The highest BCUT2D eigenvalue weighted by molar-refractivity contribution is 5.67. The molecular weight excluding hydrogens is 220 g/mol. The summed E-state index contributed by atoms with van der Waals surface area (Å²) in [6.07, 6.45) is 5.48. The van der Waals surface area contributed by atoms with E-state index < -0.39 is 5.97 Å². The number of carboxylic acid groups (broad SMARTS) is 1. The van der Waals surface area contributed by atoms with Gasteiger partial charge in [-0.2, -0.15) is 0 Å². The van der Waals surface area contributed by atoms with Crippen LogP contribution in [0, 0.1) is 0 Å². The normalized spacial score (nSPS) is 18.4. The van der Waals surface area contributed by atoms with E-state index in [1.165, 1.54) is 12.8 Å². The van der Waals surface area contributed by atoms with Crippen LogP contribution in [0.5, 0.6) is 0 Å². The number of tetrazole rings is 1. The van der Waals surface area contributed by atoms with Crippen LogP contribution in [0.4, 0.5) is 0 Å². The topological polar surface area (TPSA) is 80.9 Å². The van der Waals surface area contributed by atoms with Crippen molar-refractivity contribution in [3.63, 3.8) is 0 Å². The zero-order chi connectivity index (χ0) is 12.3. The molecule has 6 heteroatoms. The average Bonchev–Trinajstić information content (AvgIpc) is 2.94. The lowest BCUT2D eigenvalue weighted by Gasteiger charge is -2.16. The summed E-state index contributed by atoms with van der Waals surface area (Å²) < 4.78 is 1.73. The standard InChI is InChI=1S/C11H18N4O2/c1-2-9(7-10(16)17)15-11(12-13-14-15)8-5-3-4-6-8/h8-9H,2-7H2,1H3,(H,16,17). The number of aliphatic carboxylic acids is 1. The minimum atomic E-state index is -0.801. The molecule has 1 unspecified atom stereocenters. The Labute approximate surface area is 100 Å². The molecule has 6 nitrogen and oxygen atoms in total. The minimum absolute atomic E-state index is 0.0846. The molecule has 0 amide bonds. The van der Waals surface area contributed by atoms with Gasteiger partial charge in [0.2, 0.25) is 0 Å². The third-order valence-corrected chi connectivity index (χ3v) is 3.47. The fraction of sp³-hybridized carbons (Fsp3) is 0.818. The third-order valence-electron chi connectivity index (χ3n) is 3.47. The molecular formula is C11H18N4O2. The summed E-state index contributed by atoms with van der Waals surface area (Å²) in [7, 11) is 0. The molecule has 0 aromatic carbocycles. The van der Waals surface area contributed by atoms with E-state index in [0.29, 0.717) is 5.92 Å². The Morgan fingerprint density at radius 1 is 1.53 bits per heavy atom. The average molecular weight is 238 g/mol. The molecule has 17 heavy (non-hydrogen) atoms. The summed E-state index contributed by atoms with van der Waals surface area (Å²) in [5.74, 6) is 0.480. The Balaban J connectivity index is 2.18. The number of carbonyl (C=O) groups is 1. The first-order chi connectivity index (χ1) is 8.22. The van der Waals surface area contributed by atoms with Crippen molar-refractivity contribution in [3.05, 3.63) is 5.82 Å². The summed E-state index contributed by atoms with van der Waals surface area (Å²) in [6, 6.07) is -0.127. The molecule has 0 aliphatic heterocycles. The van der Waals surface area contributed by atoms with Crippen LogP contribution in [-0.2, 0) is 4.79 Å². The highest BCUT2D eigenvalue weighted by Crippen LogP contribution is 2.34. The van der Waals surface area contributed by atoms with Crippen LogP contribution in [0.15, 0.2) is 0 Å². The molecule has 1 fully saturated rings. The van der Waals surface area contributed by atoms with Gasteiger partial charge in [-0.25, -0.2) is 4.68 Å². The molecule has 2 rings (SSSR count). The van der Waals surface area contributed by atoms with E-state index >= 15 is 0 Å². The number of carboxylic acids is 1. The highest BCUT2D eigenvalue weighted by Gasteiger charge is 2.26. The van der Waals surface area contributed by atoms with Gasteiger partial charge in [0, 0.05) is 5.92 Å². The zero-order valence-corrected chi connectivity index (χ0v) is 10.0. The van der Waals surface area contributed by atoms with E-state index in [9.17, 15) is 4.79 Å². The molecule has 1 aliphatic rings. The monoisotopic (exact) mass is 238 g/mol. The van der Waals surface area contributed by atoms with Gasteiger partial charge in [-0.1, -0.05) is 19.8 Å². The van der Waals surface area contributed by atoms with E-state index in [2.05, 4.69) is 15.5 Å². The lowest BCUT2D eigenvalue weighted by atomic mass is 10.1. The number of aromatic nitrogens is 4. The van der Waals surface area contributed by atoms with Gasteiger partial charge in [-0.05, 0) is 29.7 Å². The molecule has 94 valence electrons. The molecule has 1 N–H and O–H groups in total. The largest absolute Gasteiger partial charge is 0.481 e. The van der Waals surface area contributed by atoms with Crippen molar-refractivity contribution in [2.45, 2.75) is 57.4 Å². The first-order valence-corrected chi connectivity index (χ1v) is 6.22. The van der Waals surface area contributed by atoms with Crippen LogP contribution < -0.4 is 0 Å². The minimum Gasteiger partial charge on any atom is -0.481 e. The molecule has 1 aliphatic carbocycles. The van der Waals surface area contributed by atoms with Crippen molar-refractivity contribution >= 4 is 5.97 Å². The van der Waals surface area contributed by atoms with E-state index in [1.807, 2.05) is 6.92 Å². The summed E-state index contributed by atoms with van der Waals surface area (Å²) in [5, 5.41) is 20.7. The molecule has 0 radical (unpaired) electrons. The molecule has 0 saturated heterocycles. The molecule has 1 atom stereocenters. The SMILES string of the molecule is CCC(CC(=O)O)n1nnnc1C1CCCC1. The Morgan fingerprint density at radius 2 is 2.24 bits per heavy atom. The fourth-order valence-corrected chi connectivity index (χ4v) is 2.52.